The number of hydrogen-bond donors (Lipinski definition) is 0. The molecule has 30 heavy (non-hydrogen) atoms. The van der Waals surface area contributed by atoms with Crippen LogP contribution in [-0.2, 0) is 5.75 Å². The lowest BCUT2D eigenvalue weighted by atomic mass is 10.0. The Morgan fingerprint density at radius 1 is 0.767 bits per heavy atom. The van der Waals surface area contributed by atoms with E-state index >= 15 is 0 Å². The molecule has 3 aromatic carbocycles. The summed E-state index contributed by atoms with van der Waals surface area (Å²) in [6.07, 6.45) is 3.63. The molecular formula is C24H18N4OS. The van der Waals surface area contributed by atoms with Crippen LogP contribution in [0.25, 0.3) is 28.3 Å². The Bertz CT molecular complexity index is 1250. The van der Waals surface area contributed by atoms with Crippen LogP contribution in [0.1, 0.15) is 5.56 Å². The molecule has 2 aromatic heterocycles. The zero-order valence-electron chi connectivity index (χ0n) is 16.1. The van der Waals surface area contributed by atoms with Crippen LogP contribution in [0.5, 0.6) is 0 Å². The summed E-state index contributed by atoms with van der Waals surface area (Å²) in [6, 6.07) is 28.7. The van der Waals surface area contributed by atoms with Crippen molar-refractivity contribution in [3.05, 3.63) is 103 Å². The molecular weight excluding hydrogens is 392 g/mol. The summed E-state index contributed by atoms with van der Waals surface area (Å²) in [5.74, 6) is 1.21. The first-order chi connectivity index (χ1) is 14.9. The highest BCUT2D eigenvalue weighted by Crippen LogP contribution is 2.30. The molecule has 0 aliphatic heterocycles. The zero-order valence-corrected chi connectivity index (χ0v) is 16.9. The predicted molar refractivity (Wildman–Crippen MR) is 118 cm³/mol. The van der Waals surface area contributed by atoms with E-state index < -0.39 is 0 Å². The first kappa shape index (κ1) is 18.4. The number of hydrogen-bond acceptors (Lipinski definition) is 5. The fourth-order valence-electron chi connectivity index (χ4n) is 3.22. The van der Waals surface area contributed by atoms with Crippen molar-refractivity contribution in [2.75, 3.05) is 0 Å². The van der Waals surface area contributed by atoms with Gasteiger partial charge in [0, 0.05) is 11.9 Å². The van der Waals surface area contributed by atoms with Crippen molar-refractivity contribution < 1.29 is 4.42 Å². The van der Waals surface area contributed by atoms with Crippen molar-refractivity contribution in [3.8, 4) is 28.3 Å². The minimum atomic E-state index is 0.469. The lowest BCUT2D eigenvalue weighted by Gasteiger charge is -2.08. The van der Waals surface area contributed by atoms with Gasteiger partial charge in [-0.15, -0.1) is 10.2 Å². The van der Waals surface area contributed by atoms with Crippen molar-refractivity contribution in [3.63, 3.8) is 0 Å². The monoisotopic (exact) mass is 410 g/mol. The average Bonchev–Trinajstić information content (AvgIpc) is 3.49. The normalized spacial score (nSPS) is 10.9. The van der Waals surface area contributed by atoms with Crippen LogP contribution in [0, 0.1) is 0 Å². The van der Waals surface area contributed by atoms with E-state index in [0.29, 0.717) is 11.1 Å². The summed E-state index contributed by atoms with van der Waals surface area (Å²) in [6.45, 7) is 0. The second-order valence-electron chi connectivity index (χ2n) is 6.69. The minimum Gasteiger partial charge on any atom is -0.411 e. The zero-order chi connectivity index (χ0) is 20.2. The largest absolute Gasteiger partial charge is 0.411 e. The Kier molecular flexibility index (Phi) is 5.14. The second-order valence-corrected chi connectivity index (χ2v) is 7.62. The maximum absolute atomic E-state index is 5.87. The highest BCUT2D eigenvalue weighted by molar-refractivity contribution is 7.98. The third kappa shape index (κ3) is 3.90. The van der Waals surface area contributed by atoms with E-state index in [0.717, 1.165) is 17.0 Å². The van der Waals surface area contributed by atoms with Crippen LogP contribution in [-0.4, -0.2) is 20.0 Å². The van der Waals surface area contributed by atoms with Crippen molar-refractivity contribution in [1.29, 1.82) is 0 Å². The topological polar surface area (TPSA) is 56.7 Å². The van der Waals surface area contributed by atoms with Crippen molar-refractivity contribution in [2.45, 2.75) is 11.0 Å². The Hall–Kier alpha value is -3.64. The summed E-state index contributed by atoms with van der Waals surface area (Å²) in [4.78, 5) is 0. The summed E-state index contributed by atoms with van der Waals surface area (Å²) >= 11 is 1.53. The van der Waals surface area contributed by atoms with Gasteiger partial charge in [-0.2, -0.15) is 5.10 Å². The van der Waals surface area contributed by atoms with Crippen molar-refractivity contribution >= 4 is 11.8 Å². The summed E-state index contributed by atoms with van der Waals surface area (Å²) in [7, 11) is 0. The van der Waals surface area contributed by atoms with Crippen LogP contribution in [0.2, 0.25) is 0 Å². The summed E-state index contributed by atoms with van der Waals surface area (Å²) in [5, 5.41) is 13.3. The summed E-state index contributed by atoms with van der Waals surface area (Å²) < 4.78 is 7.67. The molecule has 2 heterocycles. The minimum absolute atomic E-state index is 0.469. The molecule has 6 heteroatoms. The van der Waals surface area contributed by atoms with Gasteiger partial charge in [0.2, 0.25) is 0 Å². The standard InChI is InChI=1S/C24H18N4OS/c1-3-9-18(10-4-1)22-14-8-7-11-19(22)17-30-24-27-26-23(29-24)20-15-25-28(16-20)21-12-5-2-6-13-21/h1-16H,17H2. The molecule has 0 unspecified atom stereocenters. The Morgan fingerprint density at radius 2 is 1.50 bits per heavy atom. The quantitative estimate of drug-likeness (QED) is 0.327. The van der Waals surface area contributed by atoms with Gasteiger partial charge in [0.25, 0.3) is 11.1 Å². The first-order valence-electron chi connectivity index (χ1n) is 9.57. The van der Waals surface area contributed by atoms with Crippen LogP contribution >= 0.6 is 11.8 Å². The highest BCUT2D eigenvalue weighted by Gasteiger charge is 2.13. The SMILES string of the molecule is c1ccc(-c2ccccc2CSc2nnc(-c3cnn(-c4ccccc4)c3)o2)cc1. The fourth-order valence-corrected chi connectivity index (χ4v) is 3.99. The van der Waals surface area contributed by atoms with E-state index in [9.17, 15) is 0 Å². The molecule has 146 valence electrons. The molecule has 0 aliphatic carbocycles. The maximum Gasteiger partial charge on any atom is 0.277 e. The number of para-hydroxylation sites is 1. The predicted octanol–water partition coefficient (Wildman–Crippen LogP) is 5.88. The fraction of sp³-hybridized carbons (Fsp3) is 0.0417. The third-order valence-electron chi connectivity index (χ3n) is 4.71. The average molecular weight is 411 g/mol. The number of rotatable bonds is 6. The Morgan fingerprint density at radius 3 is 2.33 bits per heavy atom. The van der Waals surface area contributed by atoms with E-state index in [2.05, 4.69) is 63.8 Å². The lowest BCUT2D eigenvalue weighted by Crippen LogP contribution is -1.92. The number of nitrogens with zero attached hydrogens (tertiary/aromatic N) is 4. The third-order valence-corrected chi connectivity index (χ3v) is 5.58. The molecule has 5 rings (SSSR count). The lowest BCUT2D eigenvalue weighted by molar-refractivity contribution is 0.466. The van der Waals surface area contributed by atoms with Crippen LogP contribution in [0.15, 0.2) is 107 Å². The molecule has 5 nitrogen and oxygen atoms in total. The Labute approximate surface area is 178 Å². The van der Waals surface area contributed by atoms with Crippen LogP contribution in [0.3, 0.4) is 0 Å². The van der Waals surface area contributed by atoms with Crippen LogP contribution < -0.4 is 0 Å². The van der Waals surface area contributed by atoms with Gasteiger partial charge in [-0.05, 0) is 28.8 Å². The summed E-state index contributed by atoms with van der Waals surface area (Å²) in [5.41, 5.74) is 5.42. The van der Waals surface area contributed by atoms with Gasteiger partial charge >= 0.3 is 0 Å². The molecule has 0 bridgehead atoms. The molecule has 0 spiro atoms. The maximum atomic E-state index is 5.87. The van der Waals surface area contributed by atoms with Crippen molar-refractivity contribution in [2.24, 2.45) is 0 Å². The molecule has 0 atom stereocenters. The van der Waals surface area contributed by atoms with E-state index in [1.165, 1.54) is 28.5 Å². The van der Waals surface area contributed by atoms with Gasteiger partial charge < -0.3 is 4.42 Å². The van der Waals surface area contributed by atoms with Crippen molar-refractivity contribution in [1.82, 2.24) is 20.0 Å². The van der Waals surface area contributed by atoms with Gasteiger partial charge in [0.15, 0.2) is 0 Å². The molecule has 0 N–H and O–H groups in total. The van der Waals surface area contributed by atoms with Gasteiger partial charge in [0.05, 0.1) is 17.4 Å². The molecule has 0 saturated carbocycles. The van der Waals surface area contributed by atoms with Crippen LogP contribution in [0.4, 0.5) is 0 Å². The van der Waals surface area contributed by atoms with Gasteiger partial charge in [-0.3, -0.25) is 0 Å². The second kappa shape index (κ2) is 8.39. The molecule has 5 aromatic rings. The molecule has 0 amide bonds. The molecule has 0 saturated heterocycles. The van der Waals surface area contributed by atoms with E-state index in [4.69, 9.17) is 4.42 Å². The highest BCUT2D eigenvalue weighted by atomic mass is 32.2. The van der Waals surface area contributed by atoms with Gasteiger partial charge in [-0.25, -0.2) is 4.68 Å². The van der Waals surface area contributed by atoms with E-state index in [1.807, 2.05) is 42.6 Å². The Balaban J connectivity index is 1.32. The number of thioether (sulfide) groups is 1. The van der Waals surface area contributed by atoms with Gasteiger partial charge in [-0.1, -0.05) is 84.6 Å². The molecule has 0 radical (unpaired) electrons. The van der Waals surface area contributed by atoms with E-state index in [1.54, 1.807) is 10.9 Å². The molecule has 0 fully saturated rings. The van der Waals surface area contributed by atoms with E-state index in [-0.39, 0.29) is 0 Å². The molecule has 0 aliphatic rings. The number of benzene rings is 3. The first-order valence-corrected chi connectivity index (χ1v) is 10.6. The number of aromatic nitrogens is 4. The van der Waals surface area contributed by atoms with Gasteiger partial charge in [0.1, 0.15) is 0 Å². The smallest absolute Gasteiger partial charge is 0.277 e.